The molecule has 0 radical (unpaired) electrons. The van der Waals surface area contributed by atoms with Crippen molar-refractivity contribution < 1.29 is 13.9 Å². The summed E-state index contributed by atoms with van der Waals surface area (Å²) in [5, 5.41) is 6.90. The molecule has 3 aromatic rings. The van der Waals surface area contributed by atoms with Crippen molar-refractivity contribution in [3.05, 3.63) is 92.1 Å². The maximum absolute atomic E-state index is 13.4. The zero-order valence-electron chi connectivity index (χ0n) is 16.0. The minimum absolute atomic E-state index is 0.00000850. The third-order valence-corrected chi connectivity index (χ3v) is 6.37. The number of benzene rings is 3. The SMILES string of the molecule is COc1ccc(Br)cc1[C@@H]1Oc2ccc(Br)cc2[C@@H]2CC(c3ccc(F)cc3)=NN21. The lowest BCUT2D eigenvalue weighted by atomic mass is 9.96. The van der Waals surface area contributed by atoms with Crippen molar-refractivity contribution in [2.24, 2.45) is 5.10 Å². The van der Waals surface area contributed by atoms with Crippen LogP contribution in [-0.4, -0.2) is 17.8 Å². The van der Waals surface area contributed by atoms with Gasteiger partial charge in [0.1, 0.15) is 17.3 Å². The number of hydrazone groups is 1. The number of fused-ring (bicyclic) bond motifs is 3. The summed E-state index contributed by atoms with van der Waals surface area (Å²) in [6, 6.07) is 18.3. The van der Waals surface area contributed by atoms with Crippen molar-refractivity contribution in [1.29, 1.82) is 0 Å². The van der Waals surface area contributed by atoms with Crippen molar-refractivity contribution in [3.63, 3.8) is 0 Å². The summed E-state index contributed by atoms with van der Waals surface area (Å²) in [6.45, 7) is 0. The fourth-order valence-corrected chi connectivity index (χ4v) is 4.74. The molecule has 4 nitrogen and oxygen atoms in total. The Balaban J connectivity index is 1.64. The quantitative estimate of drug-likeness (QED) is 0.381. The van der Waals surface area contributed by atoms with E-state index >= 15 is 0 Å². The van der Waals surface area contributed by atoms with E-state index in [9.17, 15) is 4.39 Å². The molecule has 0 bridgehead atoms. The normalized spacial score (nSPS) is 19.6. The molecule has 3 aromatic carbocycles. The Kier molecular flexibility index (Phi) is 5.03. The van der Waals surface area contributed by atoms with Gasteiger partial charge in [0.2, 0.25) is 6.23 Å². The molecule has 0 fully saturated rings. The first-order chi connectivity index (χ1) is 14.5. The van der Waals surface area contributed by atoms with E-state index < -0.39 is 6.23 Å². The second kappa shape index (κ2) is 7.71. The van der Waals surface area contributed by atoms with Gasteiger partial charge in [0.05, 0.1) is 24.4 Å². The first-order valence-electron chi connectivity index (χ1n) is 9.45. The molecule has 0 aromatic heterocycles. The Morgan fingerprint density at radius 1 is 1.00 bits per heavy atom. The Morgan fingerprint density at radius 3 is 2.43 bits per heavy atom. The van der Waals surface area contributed by atoms with Gasteiger partial charge in [-0.15, -0.1) is 0 Å². The highest BCUT2D eigenvalue weighted by Crippen LogP contribution is 2.49. The van der Waals surface area contributed by atoms with Crippen LogP contribution in [0.1, 0.15) is 35.4 Å². The minimum Gasteiger partial charge on any atom is -0.496 e. The highest BCUT2D eigenvalue weighted by molar-refractivity contribution is 9.10. The number of nitrogens with zero attached hydrogens (tertiary/aromatic N) is 2. The number of hydrogen-bond acceptors (Lipinski definition) is 4. The molecule has 152 valence electrons. The molecule has 7 heteroatoms. The van der Waals surface area contributed by atoms with Crippen molar-refractivity contribution in [2.45, 2.75) is 18.7 Å². The predicted molar refractivity (Wildman–Crippen MR) is 120 cm³/mol. The Morgan fingerprint density at radius 2 is 1.70 bits per heavy atom. The molecular formula is C23H17Br2FN2O2. The zero-order chi connectivity index (χ0) is 20.8. The summed E-state index contributed by atoms with van der Waals surface area (Å²) < 4.78 is 27.4. The molecule has 0 saturated heterocycles. The molecule has 2 aliphatic heterocycles. The lowest BCUT2D eigenvalue weighted by Gasteiger charge is -2.38. The van der Waals surface area contributed by atoms with E-state index in [-0.39, 0.29) is 11.9 Å². The van der Waals surface area contributed by atoms with Crippen LogP contribution in [0.25, 0.3) is 0 Å². The third-order valence-electron chi connectivity index (χ3n) is 5.39. The second-order valence-corrected chi connectivity index (χ2v) is 9.02. The van der Waals surface area contributed by atoms with Gasteiger partial charge in [-0.05, 0) is 54.1 Å². The van der Waals surface area contributed by atoms with Crippen LogP contribution in [0.2, 0.25) is 0 Å². The molecule has 2 aliphatic rings. The van der Waals surface area contributed by atoms with Gasteiger partial charge >= 0.3 is 0 Å². The average molecular weight is 532 g/mol. The Hall–Kier alpha value is -2.38. The monoisotopic (exact) mass is 530 g/mol. The number of ether oxygens (including phenoxy) is 2. The summed E-state index contributed by atoms with van der Waals surface area (Å²) in [4.78, 5) is 0. The van der Waals surface area contributed by atoms with Crippen LogP contribution in [0, 0.1) is 5.82 Å². The molecule has 30 heavy (non-hydrogen) atoms. The Labute approximate surface area is 190 Å². The van der Waals surface area contributed by atoms with Crippen LogP contribution in [0.3, 0.4) is 0 Å². The largest absolute Gasteiger partial charge is 0.496 e. The summed E-state index contributed by atoms with van der Waals surface area (Å²) >= 11 is 7.12. The highest BCUT2D eigenvalue weighted by atomic mass is 79.9. The maximum atomic E-state index is 13.4. The smallest absolute Gasteiger partial charge is 0.217 e. The molecule has 0 saturated carbocycles. The highest BCUT2D eigenvalue weighted by Gasteiger charge is 2.42. The van der Waals surface area contributed by atoms with E-state index in [2.05, 4.69) is 37.9 Å². The fraction of sp³-hybridized carbons (Fsp3) is 0.174. The molecule has 0 aliphatic carbocycles. The number of methoxy groups -OCH3 is 1. The van der Waals surface area contributed by atoms with Crippen LogP contribution in [0.5, 0.6) is 11.5 Å². The Bertz CT molecular complexity index is 1150. The predicted octanol–water partition coefficient (Wildman–Crippen LogP) is 6.60. The van der Waals surface area contributed by atoms with E-state index in [1.807, 2.05) is 35.3 Å². The van der Waals surface area contributed by atoms with Crippen LogP contribution in [0.4, 0.5) is 4.39 Å². The van der Waals surface area contributed by atoms with Gasteiger partial charge in [-0.2, -0.15) is 5.10 Å². The molecule has 2 atom stereocenters. The van der Waals surface area contributed by atoms with E-state index in [0.717, 1.165) is 42.8 Å². The van der Waals surface area contributed by atoms with Crippen LogP contribution < -0.4 is 9.47 Å². The van der Waals surface area contributed by atoms with Crippen molar-refractivity contribution >= 4 is 37.6 Å². The van der Waals surface area contributed by atoms with E-state index in [0.29, 0.717) is 6.42 Å². The van der Waals surface area contributed by atoms with E-state index in [1.165, 1.54) is 12.1 Å². The lowest BCUT2D eigenvalue weighted by Crippen LogP contribution is -2.34. The van der Waals surface area contributed by atoms with Gasteiger partial charge in [-0.3, -0.25) is 0 Å². The van der Waals surface area contributed by atoms with Crippen LogP contribution >= 0.6 is 31.9 Å². The summed E-state index contributed by atoms with van der Waals surface area (Å²) in [5.74, 6) is 1.29. The molecule has 5 rings (SSSR count). The second-order valence-electron chi connectivity index (χ2n) is 7.19. The van der Waals surface area contributed by atoms with Gasteiger partial charge in [0.25, 0.3) is 0 Å². The number of halogens is 3. The van der Waals surface area contributed by atoms with Gasteiger partial charge in [0.15, 0.2) is 0 Å². The topological polar surface area (TPSA) is 34.1 Å². The number of rotatable bonds is 3. The van der Waals surface area contributed by atoms with Gasteiger partial charge in [-0.1, -0.05) is 44.0 Å². The van der Waals surface area contributed by atoms with Crippen molar-refractivity contribution in [2.75, 3.05) is 7.11 Å². The molecular weight excluding hydrogens is 515 g/mol. The molecule has 2 heterocycles. The standard InChI is InChI=1S/C23H17Br2FN2O2/c1-29-21-8-4-15(25)11-18(21)23-28-20(17-10-14(24)5-9-22(17)30-23)12-19(27-28)13-2-6-16(26)7-3-13/h2-11,20,23H,12H2,1H3/t20-,23-/m0/s1. The first-order valence-corrected chi connectivity index (χ1v) is 11.0. The summed E-state index contributed by atoms with van der Waals surface area (Å²) in [6.07, 6.45) is 0.250. The van der Waals surface area contributed by atoms with Gasteiger partial charge in [0, 0.05) is 20.9 Å². The van der Waals surface area contributed by atoms with Crippen LogP contribution in [0.15, 0.2) is 74.7 Å². The molecule has 0 spiro atoms. The van der Waals surface area contributed by atoms with Gasteiger partial charge in [-0.25, -0.2) is 9.40 Å². The van der Waals surface area contributed by atoms with E-state index in [1.54, 1.807) is 19.2 Å². The molecule has 0 N–H and O–H groups in total. The summed E-state index contributed by atoms with van der Waals surface area (Å²) in [5.41, 5.74) is 3.75. The van der Waals surface area contributed by atoms with Gasteiger partial charge < -0.3 is 9.47 Å². The van der Waals surface area contributed by atoms with Crippen LogP contribution in [-0.2, 0) is 0 Å². The van der Waals surface area contributed by atoms with Crippen molar-refractivity contribution in [1.82, 2.24) is 5.01 Å². The average Bonchev–Trinajstić information content (AvgIpc) is 3.19. The fourth-order valence-electron chi connectivity index (χ4n) is 3.98. The number of hydrogen-bond donors (Lipinski definition) is 0. The molecule has 0 unspecified atom stereocenters. The van der Waals surface area contributed by atoms with Crippen molar-refractivity contribution in [3.8, 4) is 11.5 Å². The maximum Gasteiger partial charge on any atom is 0.217 e. The van der Waals surface area contributed by atoms with E-state index in [4.69, 9.17) is 14.6 Å². The lowest BCUT2D eigenvalue weighted by molar-refractivity contribution is -0.0204. The zero-order valence-corrected chi connectivity index (χ0v) is 19.2. The first kappa shape index (κ1) is 19.6. The third kappa shape index (κ3) is 3.40. The molecule has 0 amide bonds. The summed E-state index contributed by atoms with van der Waals surface area (Å²) in [7, 11) is 1.65. The minimum atomic E-state index is -0.450.